The molecule has 0 aliphatic rings. The molecule has 5 aromatic rings. The molecule has 0 radical (unpaired) electrons. The van der Waals surface area contributed by atoms with Gasteiger partial charge < -0.3 is 23.5 Å². The summed E-state index contributed by atoms with van der Waals surface area (Å²) in [5.41, 5.74) is 5.40. The second kappa shape index (κ2) is 12.6. The van der Waals surface area contributed by atoms with E-state index < -0.39 is 0 Å². The molecule has 2 aromatic carbocycles. The molecular formula is C28H32N8O4. The summed E-state index contributed by atoms with van der Waals surface area (Å²) in [4.78, 5) is 4.94. The number of hydrogen-bond donors (Lipinski definition) is 1. The predicted octanol–water partition coefficient (Wildman–Crippen LogP) is 3.90. The lowest BCUT2D eigenvalue weighted by Crippen LogP contribution is -2.11. The standard InChI is InChI=1S/C28H32N8O4/c1-18(2)26-29-23-24(28(40-16-14-38-4)33-32-27(23)39-15-13-37-3)36(26)17-19-9-11-20(12-10-19)21-7-5-6-8-22(21)25-30-34-35-31-25/h5-12,18H,13-17H2,1-4H3,(H,30,31,34,35). The lowest BCUT2D eigenvalue weighted by Gasteiger charge is -2.14. The van der Waals surface area contributed by atoms with Gasteiger partial charge in [-0.25, -0.2) is 4.98 Å². The highest BCUT2D eigenvalue weighted by molar-refractivity contribution is 5.85. The van der Waals surface area contributed by atoms with Crippen molar-refractivity contribution in [3.8, 4) is 34.3 Å². The molecule has 0 aliphatic heterocycles. The van der Waals surface area contributed by atoms with Gasteiger partial charge in [0.2, 0.25) is 5.82 Å². The number of aromatic amines is 1. The van der Waals surface area contributed by atoms with Gasteiger partial charge in [-0.1, -0.05) is 62.4 Å². The van der Waals surface area contributed by atoms with Crippen LogP contribution in [0.2, 0.25) is 0 Å². The highest BCUT2D eigenvalue weighted by atomic mass is 16.5. The summed E-state index contributed by atoms with van der Waals surface area (Å²) < 4.78 is 24.3. The number of hydrogen-bond acceptors (Lipinski definition) is 10. The molecule has 0 spiro atoms. The Balaban J connectivity index is 1.52. The minimum Gasteiger partial charge on any atom is -0.473 e. The van der Waals surface area contributed by atoms with Gasteiger partial charge in [-0.15, -0.1) is 20.4 Å². The van der Waals surface area contributed by atoms with Crippen molar-refractivity contribution >= 4 is 11.0 Å². The fraction of sp³-hybridized carbons (Fsp3) is 0.357. The molecule has 0 unspecified atom stereocenters. The first-order valence-corrected chi connectivity index (χ1v) is 13.0. The summed E-state index contributed by atoms with van der Waals surface area (Å²) in [7, 11) is 3.25. The molecule has 0 aliphatic carbocycles. The zero-order valence-corrected chi connectivity index (χ0v) is 23.0. The Kier molecular flexibility index (Phi) is 8.57. The molecule has 12 nitrogen and oxygen atoms in total. The number of ether oxygens (including phenoxy) is 4. The molecule has 0 fully saturated rings. The molecule has 0 bridgehead atoms. The van der Waals surface area contributed by atoms with Crippen LogP contribution in [0.3, 0.4) is 0 Å². The van der Waals surface area contributed by atoms with Crippen molar-refractivity contribution in [2.24, 2.45) is 0 Å². The van der Waals surface area contributed by atoms with E-state index in [0.717, 1.165) is 33.6 Å². The third kappa shape index (κ3) is 5.77. The topological polar surface area (TPSA) is 135 Å². The molecule has 40 heavy (non-hydrogen) atoms. The summed E-state index contributed by atoms with van der Waals surface area (Å²) in [5, 5.41) is 23.2. The number of nitrogens with zero attached hydrogens (tertiary/aromatic N) is 7. The molecule has 0 atom stereocenters. The number of tetrazole rings is 1. The minimum atomic E-state index is 0.132. The number of fused-ring (bicyclic) bond motifs is 1. The smallest absolute Gasteiger partial charge is 0.262 e. The van der Waals surface area contributed by atoms with E-state index >= 15 is 0 Å². The maximum Gasteiger partial charge on any atom is 0.262 e. The Labute approximate surface area is 231 Å². The van der Waals surface area contributed by atoms with Gasteiger partial charge in [-0.2, -0.15) is 5.21 Å². The van der Waals surface area contributed by atoms with Crippen molar-refractivity contribution in [3.05, 3.63) is 59.9 Å². The highest BCUT2D eigenvalue weighted by Gasteiger charge is 2.23. The molecule has 12 heteroatoms. The summed E-state index contributed by atoms with van der Waals surface area (Å²) in [5.74, 6) is 2.30. The maximum atomic E-state index is 5.98. The van der Waals surface area contributed by atoms with Crippen molar-refractivity contribution in [1.82, 2.24) is 40.4 Å². The minimum absolute atomic E-state index is 0.132. The normalized spacial score (nSPS) is 11.4. The monoisotopic (exact) mass is 544 g/mol. The van der Waals surface area contributed by atoms with Crippen molar-refractivity contribution in [1.29, 1.82) is 0 Å². The van der Waals surface area contributed by atoms with E-state index in [0.29, 0.717) is 56.1 Å². The first-order valence-electron chi connectivity index (χ1n) is 13.0. The SMILES string of the molecule is COCCOc1nnc(OCCOC)c2c1nc(C(C)C)n2Cc1ccc(-c2ccccc2-c2nn[nH]n2)cc1. The first kappa shape index (κ1) is 27.2. The van der Waals surface area contributed by atoms with E-state index in [9.17, 15) is 0 Å². The maximum absolute atomic E-state index is 5.98. The van der Waals surface area contributed by atoms with Crippen LogP contribution in [0.15, 0.2) is 48.5 Å². The fourth-order valence-corrected chi connectivity index (χ4v) is 4.44. The van der Waals surface area contributed by atoms with E-state index in [1.165, 1.54) is 0 Å². The van der Waals surface area contributed by atoms with Gasteiger partial charge >= 0.3 is 0 Å². The van der Waals surface area contributed by atoms with Crippen molar-refractivity contribution in [3.63, 3.8) is 0 Å². The summed E-state index contributed by atoms with van der Waals surface area (Å²) >= 11 is 0. The molecule has 0 saturated carbocycles. The average Bonchev–Trinajstić information content (AvgIpc) is 3.64. The van der Waals surface area contributed by atoms with Crippen molar-refractivity contribution < 1.29 is 18.9 Å². The number of methoxy groups -OCH3 is 2. The van der Waals surface area contributed by atoms with Crippen molar-refractivity contribution in [2.45, 2.75) is 26.3 Å². The third-order valence-corrected chi connectivity index (χ3v) is 6.32. The number of nitrogens with one attached hydrogen (secondary N) is 1. The van der Waals surface area contributed by atoms with E-state index in [1.807, 2.05) is 24.3 Å². The van der Waals surface area contributed by atoms with Crippen LogP contribution in [0.5, 0.6) is 11.8 Å². The van der Waals surface area contributed by atoms with Gasteiger partial charge in [-0.3, -0.25) is 0 Å². The van der Waals surface area contributed by atoms with Gasteiger partial charge in [0.05, 0.1) is 13.2 Å². The summed E-state index contributed by atoms with van der Waals surface area (Å²) in [6, 6.07) is 16.4. The van der Waals surface area contributed by atoms with Crippen molar-refractivity contribution in [2.75, 3.05) is 40.6 Å². The lowest BCUT2D eigenvalue weighted by molar-refractivity contribution is 0.140. The average molecular weight is 545 g/mol. The largest absolute Gasteiger partial charge is 0.473 e. The molecule has 3 aromatic heterocycles. The Morgan fingerprint density at radius 2 is 1.48 bits per heavy atom. The van der Waals surface area contributed by atoms with Crippen LogP contribution in [0, 0.1) is 0 Å². The Morgan fingerprint density at radius 1 is 0.800 bits per heavy atom. The van der Waals surface area contributed by atoms with E-state index in [-0.39, 0.29) is 5.92 Å². The van der Waals surface area contributed by atoms with Crippen LogP contribution in [0.1, 0.15) is 31.2 Å². The number of aromatic nitrogens is 8. The Morgan fingerprint density at radius 3 is 2.12 bits per heavy atom. The first-order chi connectivity index (χ1) is 19.6. The predicted molar refractivity (Wildman–Crippen MR) is 148 cm³/mol. The van der Waals surface area contributed by atoms with Gasteiger partial charge in [0, 0.05) is 32.2 Å². The van der Waals surface area contributed by atoms with Crippen LogP contribution in [0.25, 0.3) is 33.5 Å². The second-order valence-corrected chi connectivity index (χ2v) is 9.38. The van der Waals surface area contributed by atoms with Crippen LogP contribution in [-0.4, -0.2) is 81.0 Å². The van der Waals surface area contributed by atoms with E-state index in [2.05, 4.69) is 73.5 Å². The number of imidazole rings is 1. The van der Waals surface area contributed by atoms with Crippen LogP contribution in [0.4, 0.5) is 0 Å². The summed E-state index contributed by atoms with van der Waals surface area (Å²) in [6.45, 7) is 6.28. The quantitative estimate of drug-likeness (QED) is 0.217. The zero-order chi connectivity index (χ0) is 27.9. The number of benzene rings is 2. The van der Waals surface area contributed by atoms with Crippen LogP contribution < -0.4 is 9.47 Å². The van der Waals surface area contributed by atoms with Gasteiger partial charge in [-0.05, 0) is 21.9 Å². The fourth-order valence-electron chi connectivity index (χ4n) is 4.44. The zero-order valence-electron chi connectivity index (χ0n) is 23.0. The Bertz CT molecular complexity index is 1530. The molecule has 208 valence electrons. The lowest BCUT2D eigenvalue weighted by atomic mass is 9.98. The molecule has 0 saturated heterocycles. The number of rotatable bonds is 13. The summed E-state index contributed by atoms with van der Waals surface area (Å²) in [6.07, 6.45) is 0. The molecule has 3 heterocycles. The molecule has 0 amide bonds. The van der Waals surface area contributed by atoms with Crippen LogP contribution >= 0.6 is 0 Å². The van der Waals surface area contributed by atoms with Gasteiger partial charge in [0.1, 0.15) is 24.6 Å². The molecular weight excluding hydrogens is 512 g/mol. The van der Waals surface area contributed by atoms with E-state index in [4.69, 9.17) is 23.9 Å². The third-order valence-electron chi connectivity index (χ3n) is 6.32. The van der Waals surface area contributed by atoms with Crippen LogP contribution in [-0.2, 0) is 16.0 Å². The van der Waals surface area contributed by atoms with Gasteiger partial charge in [0.25, 0.3) is 11.8 Å². The Hall–Kier alpha value is -4.42. The second-order valence-electron chi connectivity index (χ2n) is 9.38. The highest BCUT2D eigenvalue weighted by Crippen LogP contribution is 2.34. The number of H-pyrrole nitrogens is 1. The van der Waals surface area contributed by atoms with Gasteiger partial charge in [0.15, 0.2) is 5.52 Å². The van der Waals surface area contributed by atoms with E-state index in [1.54, 1.807) is 14.2 Å². The molecule has 1 N–H and O–H groups in total. The molecule has 5 rings (SSSR count).